The van der Waals surface area contributed by atoms with E-state index in [2.05, 4.69) is 26.1 Å². The Bertz CT molecular complexity index is 678. The van der Waals surface area contributed by atoms with Crippen LogP contribution in [0.3, 0.4) is 0 Å². The summed E-state index contributed by atoms with van der Waals surface area (Å²) in [6.07, 6.45) is 2.00. The first-order chi connectivity index (χ1) is 12.3. The molecule has 6 nitrogen and oxygen atoms in total. The zero-order valence-corrected chi connectivity index (χ0v) is 16.9. The van der Waals surface area contributed by atoms with Crippen molar-refractivity contribution in [3.05, 3.63) is 29.8 Å². The molecule has 1 heterocycles. The largest absolute Gasteiger partial charge is 0.355 e. The zero-order chi connectivity index (χ0) is 19.2. The van der Waals surface area contributed by atoms with Crippen LogP contribution in [0.5, 0.6) is 0 Å². The van der Waals surface area contributed by atoms with Gasteiger partial charge >= 0.3 is 0 Å². The molecule has 1 amide bonds. The van der Waals surface area contributed by atoms with Crippen molar-refractivity contribution in [1.29, 1.82) is 0 Å². The quantitative estimate of drug-likeness (QED) is 0.744. The van der Waals surface area contributed by atoms with Crippen LogP contribution in [0.15, 0.2) is 29.2 Å². The molecular formula is C19H31N3O3S. The molecule has 1 N–H and O–H groups in total. The van der Waals surface area contributed by atoms with E-state index in [4.69, 9.17) is 0 Å². The highest BCUT2D eigenvalue weighted by Crippen LogP contribution is 2.18. The Morgan fingerprint density at radius 3 is 2.27 bits per heavy atom. The maximum Gasteiger partial charge on any atom is 0.243 e. The molecule has 1 aromatic rings. The summed E-state index contributed by atoms with van der Waals surface area (Å²) >= 11 is 0. The monoisotopic (exact) mass is 381 g/mol. The Hall–Kier alpha value is -1.44. The van der Waals surface area contributed by atoms with Crippen molar-refractivity contribution in [1.82, 2.24) is 14.5 Å². The molecule has 26 heavy (non-hydrogen) atoms. The predicted molar refractivity (Wildman–Crippen MR) is 103 cm³/mol. The molecule has 0 bridgehead atoms. The van der Waals surface area contributed by atoms with Crippen LogP contribution in [0.1, 0.15) is 32.8 Å². The van der Waals surface area contributed by atoms with Gasteiger partial charge in [-0.25, -0.2) is 8.42 Å². The number of benzene rings is 1. The van der Waals surface area contributed by atoms with E-state index in [1.807, 2.05) is 17.0 Å². The van der Waals surface area contributed by atoms with Crippen LogP contribution in [0.25, 0.3) is 0 Å². The molecule has 0 spiro atoms. The van der Waals surface area contributed by atoms with E-state index in [1.54, 1.807) is 12.1 Å². The second-order valence-corrected chi connectivity index (χ2v) is 9.21. The van der Waals surface area contributed by atoms with Crippen molar-refractivity contribution in [2.24, 2.45) is 5.92 Å². The summed E-state index contributed by atoms with van der Waals surface area (Å²) in [6.45, 7) is 9.18. The SMILES string of the molecule is CCCc1ccc(S(=O)(=O)N2CCN(CC(=O)NCC(C)C)CC2)cc1. The van der Waals surface area contributed by atoms with Crippen molar-refractivity contribution < 1.29 is 13.2 Å². The molecule has 0 atom stereocenters. The molecule has 0 aliphatic carbocycles. The fourth-order valence-electron chi connectivity index (χ4n) is 2.97. The minimum Gasteiger partial charge on any atom is -0.355 e. The van der Waals surface area contributed by atoms with Crippen molar-refractivity contribution in [3.63, 3.8) is 0 Å². The Morgan fingerprint density at radius 2 is 1.73 bits per heavy atom. The summed E-state index contributed by atoms with van der Waals surface area (Å²) in [6, 6.07) is 7.19. The average molecular weight is 382 g/mol. The van der Waals surface area contributed by atoms with Gasteiger partial charge in [0.1, 0.15) is 0 Å². The smallest absolute Gasteiger partial charge is 0.243 e. The number of carbonyl (C=O) groups is 1. The van der Waals surface area contributed by atoms with Crippen LogP contribution in [0.4, 0.5) is 0 Å². The number of piperazine rings is 1. The molecular weight excluding hydrogens is 350 g/mol. The van der Waals surface area contributed by atoms with Crippen molar-refractivity contribution in [2.45, 2.75) is 38.5 Å². The minimum absolute atomic E-state index is 0.00141. The van der Waals surface area contributed by atoms with Gasteiger partial charge < -0.3 is 5.32 Å². The van der Waals surface area contributed by atoms with Gasteiger partial charge in [0, 0.05) is 32.7 Å². The number of nitrogens with one attached hydrogen (secondary N) is 1. The third kappa shape index (κ3) is 5.79. The first kappa shape index (κ1) is 20.9. The molecule has 1 aliphatic rings. The van der Waals surface area contributed by atoms with Gasteiger partial charge in [-0.2, -0.15) is 4.31 Å². The van der Waals surface area contributed by atoms with E-state index in [0.717, 1.165) is 18.4 Å². The van der Waals surface area contributed by atoms with Crippen LogP contribution < -0.4 is 5.32 Å². The van der Waals surface area contributed by atoms with Crippen LogP contribution >= 0.6 is 0 Å². The number of nitrogens with zero attached hydrogens (tertiary/aromatic N) is 2. The van der Waals surface area contributed by atoms with Gasteiger partial charge in [0.05, 0.1) is 11.4 Å². The van der Waals surface area contributed by atoms with Crippen LogP contribution in [0, 0.1) is 5.92 Å². The summed E-state index contributed by atoms with van der Waals surface area (Å²) in [5.41, 5.74) is 1.16. The van der Waals surface area contributed by atoms with Crippen LogP contribution in [-0.4, -0.2) is 62.8 Å². The summed E-state index contributed by atoms with van der Waals surface area (Å²) in [7, 11) is -3.46. The molecule has 1 aromatic carbocycles. The predicted octanol–water partition coefficient (Wildman–Crippen LogP) is 1.72. The second-order valence-electron chi connectivity index (χ2n) is 7.27. The lowest BCUT2D eigenvalue weighted by Crippen LogP contribution is -2.51. The summed E-state index contributed by atoms with van der Waals surface area (Å²) in [5, 5.41) is 2.90. The molecule has 146 valence electrons. The number of aryl methyl sites for hydroxylation is 1. The lowest BCUT2D eigenvalue weighted by molar-refractivity contribution is -0.122. The van der Waals surface area contributed by atoms with Crippen molar-refractivity contribution in [2.75, 3.05) is 39.3 Å². The molecule has 0 unspecified atom stereocenters. The summed E-state index contributed by atoms with van der Waals surface area (Å²) < 4.78 is 27.1. The van der Waals surface area contributed by atoms with E-state index in [-0.39, 0.29) is 5.91 Å². The van der Waals surface area contributed by atoms with Gasteiger partial charge in [-0.15, -0.1) is 0 Å². The van der Waals surface area contributed by atoms with E-state index < -0.39 is 10.0 Å². The fourth-order valence-corrected chi connectivity index (χ4v) is 4.39. The molecule has 2 rings (SSSR count). The molecule has 1 fully saturated rings. The highest BCUT2D eigenvalue weighted by atomic mass is 32.2. The van der Waals surface area contributed by atoms with Gasteiger partial charge in [-0.05, 0) is 30.0 Å². The third-order valence-electron chi connectivity index (χ3n) is 4.51. The molecule has 0 aromatic heterocycles. The molecule has 1 aliphatic heterocycles. The van der Waals surface area contributed by atoms with Gasteiger partial charge in [-0.1, -0.05) is 39.3 Å². The van der Waals surface area contributed by atoms with E-state index in [0.29, 0.717) is 50.1 Å². The number of rotatable bonds is 8. The van der Waals surface area contributed by atoms with E-state index >= 15 is 0 Å². The van der Waals surface area contributed by atoms with E-state index in [1.165, 1.54) is 4.31 Å². The highest BCUT2D eigenvalue weighted by Gasteiger charge is 2.28. The minimum atomic E-state index is -3.46. The topological polar surface area (TPSA) is 69.7 Å². The number of hydrogen-bond acceptors (Lipinski definition) is 4. The number of hydrogen-bond donors (Lipinski definition) is 1. The van der Waals surface area contributed by atoms with Gasteiger partial charge in [0.2, 0.25) is 15.9 Å². The Morgan fingerprint density at radius 1 is 1.12 bits per heavy atom. The molecule has 7 heteroatoms. The zero-order valence-electron chi connectivity index (χ0n) is 16.1. The van der Waals surface area contributed by atoms with Crippen molar-refractivity contribution in [3.8, 4) is 0 Å². The third-order valence-corrected chi connectivity index (χ3v) is 6.42. The average Bonchev–Trinajstić information content (AvgIpc) is 2.61. The lowest BCUT2D eigenvalue weighted by Gasteiger charge is -2.33. The highest BCUT2D eigenvalue weighted by molar-refractivity contribution is 7.89. The number of sulfonamides is 1. The van der Waals surface area contributed by atoms with E-state index in [9.17, 15) is 13.2 Å². The maximum atomic E-state index is 12.8. The second kappa shape index (κ2) is 9.48. The Balaban J connectivity index is 1.88. The molecule has 0 saturated carbocycles. The molecule has 1 saturated heterocycles. The van der Waals surface area contributed by atoms with Crippen LogP contribution in [0.2, 0.25) is 0 Å². The maximum absolute atomic E-state index is 12.8. The van der Waals surface area contributed by atoms with Crippen LogP contribution in [-0.2, 0) is 21.2 Å². The first-order valence-electron chi connectivity index (χ1n) is 9.41. The van der Waals surface area contributed by atoms with Gasteiger partial charge in [0.15, 0.2) is 0 Å². The standard InChI is InChI=1S/C19H31N3O3S/c1-4-5-17-6-8-18(9-7-17)26(24,25)22-12-10-21(11-13-22)15-19(23)20-14-16(2)3/h6-9,16H,4-5,10-15H2,1-3H3,(H,20,23). The number of amides is 1. The Kier molecular flexibility index (Phi) is 7.61. The van der Waals surface area contributed by atoms with Crippen molar-refractivity contribution >= 4 is 15.9 Å². The van der Waals surface area contributed by atoms with Gasteiger partial charge in [0.25, 0.3) is 0 Å². The molecule has 0 radical (unpaired) electrons. The summed E-state index contributed by atoms with van der Waals surface area (Å²) in [5.74, 6) is 0.422. The Labute approximate surface area is 157 Å². The van der Waals surface area contributed by atoms with Gasteiger partial charge in [-0.3, -0.25) is 9.69 Å². The normalized spacial score (nSPS) is 16.8. The summed E-state index contributed by atoms with van der Waals surface area (Å²) in [4.78, 5) is 14.3. The first-order valence-corrected chi connectivity index (χ1v) is 10.8. The number of carbonyl (C=O) groups excluding carboxylic acids is 1. The fraction of sp³-hybridized carbons (Fsp3) is 0.632. The lowest BCUT2D eigenvalue weighted by atomic mass is 10.1.